The average molecular weight is 405 g/mol. The Morgan fingerprint density at radius 1 is 1.10 bits per heavy atom. The van der Waals surface area contributed by atoms with Crippen LogP contribution in [0.4, 0.5) is 0 Å². The summed E-state index contributed by atoms with van der Waals surface area (Å²) in [4.78, 5) is 25.5. The molecule has 154 valence electrons. The highest BCUT2D eigenvalue weighted by atomic mass is 16.5. The molecule has 0 saturated carbocycles. The number of esters is 1. The van der Waals surface area contributed by atoms with E-state index < -0.39 is 5.97 Å². The summed E-state index contributed by atoms with van der Waals surface area (Å²) in [6.45, 7) is 7.95. The molecule has 4 rings (SSSR count). The van der Waals surface area contributed by atoms with Crippen LogP contribution in [-0.2, 0) is 11.3 Å². The number of benzene rings is 1. The molecule has 0 N–H and O–H groups in total. The number of Topliss-reactive ketones (excluding diaryl/α,β-unsaturated/α-hetero) is 1. The lowest BCUT2D eigenvalue weighted by atomic mass is 10.1. The van der Waals surface area contributed by atoms with E-state index in [1.165, 1.54) is 0 Å². The highest BCUT2D eigenvalue weighted by molar-refractivity contribution is 6.06. The SMILES string of the molecule is CCn1cc(C(=O)OCC(=O)c2cc(C)n(-c3cc(C)on3)c2C)c2ccccc21. The molecule has 0 saturated heterocycles. The van der Waals surface area contributed by atoms with Crippen molar-refractivity contribution < 1.29 is 18.8 Å². The Labute approximate surface area is 173 Å². The Hall–Kier alpha value is -3.61. The number of hydrogen-bond acceptors (Lipinski definition) is 5. The standard InChI is InChI=1S/C23H23N3O4/c1-5-25-12-19(17-8-6-7-9-20(17)25)23(28)29-13-21(27)18-10-14(2)26(16(18)4)22-11-15(3)30-24-22/h6-12H,5,13H2,1-4H3. The van der Waals surface area contributed by atoms with E-state index in [1.54, 1.807) is 18.3 Å². The zero-order valence-electron chi connectivity index (χ0n) is 17.4. The van der Waals surface area contributed by atoms with Gasteiger partial charge in [0.1, 0.15) is 5.76 Å². The normalized spacial score (nSPS) is 11.2. The van der Waals surface area contributed by atoms with Crippen LogP contribution in [0, 0.1) is 20.8 Å². The number of carbonyl (C=O) groups excluding carboxylic acids is 2. The first-order valence-electron chi connectivity index (χ1n) is 9.81. The van der Waals surface area contributed by atoms with Crippen LogP contribution in [0.3, 0.4) is 0 Å². The van der Waals surface area contributed by atoms with Crippen LogP contribution in [0.25, 0.3) is 16.7 Å². The third-order valence-corrected chi connectivity index (χ3v) is 5.26. The maximum absolute atomic E-state index is 12.8. The summed E-state index contributed by atoms with van der Waals surface area (Å²) in [5.74, 6) is 0.534. The lowest BCUT2D eigenvalue weighted by Crippen LogP contribution is -2.15. The highest BCUT2D eigenvalue weighted by Crippen LogP contribution is 2.23. The number of aromatic nitrogens is 3. The van der Waals surface area contributed by atoms with Crippen LogP contribution in [0.1, 0.15) is 44.8 Å². The molecule has 0 aliphatic carbocycles. The van der Waals surface area contributed by atoms with Crippen molar-refractivity contribution in [1.82, 2.24) is 14.3 Å². The number of fused-ring (bicyclic) bond motifs is 1. The van der Waals surface area contributed by atoms with E-state index in [4.69, 9.17) is 9.26 Å². The van der Waals surface area contributed by atoms with E-state index in [1.807, 2.05) is 61.1 Å². The van der Waals surface area contributed by atoms with Crippen molar-refractivity contribution in [3.8, 4) is 5.82 Å². The van der Waals surface area contributed by atoms with Crippen molar-refractivity contribution in [2.45, 2.75) is 34.2 Å². The van der Waals surface area contributed by atoms with Crippen LogP contribution in [-0.4, -0.2) is 32.7 Å². The molecular formula is C23H23N3O4. The van der Waals surface area contributed by atoms with Gasteiger partial charge in [0.05, 0.1) is 5.56 Å². The summed E-state index contributed by atoms with van der Waals surface area (Å²) < 4.78 is 14.4. The molecule has 0 amide bonds. The van der Waals surface area contributed by atoms with Gasteiger partial charge >= 0.3 is 5.97 Å². The molecule has 3 heterocycles. The molecule has 30 heavy (non-hydrogen) atoms. The molecule has 0 atom stereocenters. The Kier molecular flexibility index (Phi) is 5.03. The lowest BCUT2D eigenvalue weighted by molar-refractivity contribution is 0.0476. The first-order chi connectivity index (χ1) is 14.4. The van der Waals surface area contributed by atoms with Crippen LogP contribution in [0.15, 0.2) is 47.1 Å². The van der Waals surface area contributed by atoms with E-state index >= 15 is 0 Å². The van der Waals surface area contributed by atoms with Gasteiger partial charge in [0.15, 0.2) is 12.4 Å². The minimum atomic E-state index is -0.507. The van der Waals surface area contributed by atoms with Crippen LogP contribution >= 0.6 is 0 Å². The molecule has 3 aromatic heterocycles. The number of carbonyl (C=O) groups is 2. The summed E-state index contributed by atoms with van der Waals surface area (Å²) >= 11 is 0. The number of nitrogens with zero attached hydrogens (tertiary/aromatic N) is 3. The average Bonchev–Trinajstić information content (AvgIpc) is 3.41. The van der Waals surface area contributed by atoms with Gasteiger partial charge in [0.2, 0.25) is 5.78 Å². The van der Waals surface area contributed by atoms with E-state index in [-0.39, 0.29) is 12.4 Å². The number of hydrogen-bond donors (Lipinski definition) is 0. The Balaban J connectivity index is 1.54. The fourth-order valence-electron chi connectivity index (χ4n) is 3.81. The molecule has 0 radical (unpaired) electrons. The third-order valence-electron chi connectivity index (χ3n) is 5.26. The topological polar surface area (TPSA) is 79.3 Å². The van der Waals surface area contributed by atoms with E-state index in [0.717, 1.165) is 28.8 Å². The van der Waals surface area contributed by atoms with Gasteiger partial charge in [-0.1, -0.05) is 23.4 Å². The number of aryl methyl sites for hydroxylation is 3. The molecule has 7 nitrogen and oxygen atoms in total. The largest absolute Gasteiger partial charge is 0.454 e. The minimum Gasteiger partial charge on any atom is -0.454 e. The fraction of sp³-hybridized carbons (Fsp3) is 0.261. The van der Waals surface area contributed by atoms with Crippen molar-refractivity contribution in [2.24, 2.45) is 0 Å². The summed E-state index contributed by atoms with van der Waals surface area (Å²) in [6, 6.07) is 11.2. The second-order valence-corrected chi connectivity index (χ2v) is 7.26. The quantitative estimate of drug-likeness (QED) is 0.351. The predicted octanol–water partition coefficient (Wildman–Crippen LogP) is 4.40. The minimum absolute atomic E-state index is 0.262. The Bertz CT molecular complexity index is 1260. The third kappa shape index (κ3) is 3.32. The lowest BCUT2D eigenvalue weighted by Gasteiger charge is -2.06. The molecule has 0 aliphatic rings. The summed E-state index contributed by atoms with van der Waals surface area (Å²) in [6.07, 6.45) is 1.77. The zero-order chi connectivity index (χ0) is 21.4. The summed E-state index contributed by atoms with van der Waals surface area (Å²) in [5.41, 5.74) is 3.50. The molecule has 0 unspecified atom stereocenters. The Morgan fingerprint density at radius 3 is 2.57 bits per heavy atom. The smallest absolute Gasteiger partial charge is 0.340 e. The highest BCUT2D eigenvalue weighted by Gasteiger charge is 2.21. The van der Waals surface area contributed by atoms with Gasteiger partial charge in [-0.25, -0.2) is 4.79 Å². The zero-order valence-corrected chi connectivity index (χ0v) is 17.4. The molecular weight excluding hydrogens is 382 g/mol. The van der Waals surface area contributed by atoms with E-state index in [9.17, 15) is 9.59 Å². The molecule has 0 fully saturated rings. The van der Waals surface area contributed by atoms with E-state index in [0.29, 0.717) is 22.7 Å². The van der Waals surface area contributed by atoms with Gasteiger partial charge in [0, 0.05) is 46.7 Å². The van der Waals surface area contributed by atoms with Crippen LogP contribution in [0.2, 0.25) is 0 Å². The van der Waals surface area contributed by atoms with Crippen molar-refractivity contribution >= 4 is 22.7 Å². The molecule has 7 heteroatoms. The van der Waals surface area contributed by atoms with Gasteiger partial charge in [0.25, 0.3) is 0 Å². The number of para-hydroxylation sites is 1. The number of ether oxygens (including phenoxy) is 1. The first-order valence-corrected chi connectivity index (χ1v) is 9.81. The number of rotatable bonds is 6. The van der Waals surface area contributed by atoms with Gasteiger partial charge < -0.3 is 13.8 Å². The van der Waals surface area contributed by atoms with Crippen molar-refractivity contribution in [2.75, 3.05) is 6.61 Å². The van der Waals surface area contributed by atoms with Gasteiger partial charge in [-0.15, -0.1) is 0 Å². The van der Waals surface area contributed by atoms with Gasteiger partial charge in [-0.2, -0.15) is 0 Å². The molecule has 0 bridgehead atoms. The van der Waals surface area contributed by atoms with Gasteiger partial charge in [-0.3, -0.25) is 9.36 Å². The Morgan fingerprint density at radius 2 is 1.87 bits per heavy atom. The van der Waals surface area contributed by atoms with E-state index in [2.05, 4.69) is 5.16 Å². The second kappa shape index (κ2) is 7.67. The summed E-state index contributed by atoms with van der Waals surface area (Å²) in [7, 11) is 0. The van der Waals surface area contributed by atoms with Crippen molar-refractivity contribution in [3.05, 3.63) is 70.9 Å². The molecule has 0 spiro atoms. The van der Waals surface area contributed by atoms with Crippen molar-refractivity contribution in [3.63, 3.8) is 0 Å². The predicted molar refractivity (Wildman–Crippen MR) is 112 cm³/mol. The van der Waals surface area contributed by atoms with Crippen molar-refractivity contribution in [1.29, 1.82) is 0 Å². The van der Waals surface area contributed by atoms with Crippen LogP contribution in [0.5, 0.6) is 0 Å². The second-order valence-electron chi connectivity index (χ2n) is 7.26. The molecule has 0 aliphatic heterocycles. The maximum atomic E-state index is 12.8. The summed E-state index contributed by atoms with van der Waals surface area (Å²) in [5, 5.41) is 4.84. The monoisotopic (exact) mass is 405 g/mol. The molecule has 1 aromatic carbocycles. The van der Waals surface area contributed by atoms with Crippen LogP contribution < -0.4 is 0 Å². The number of ketones is 1. The fourth-order valence-corrected chi connectivity index (χ4v) is 3.81. The van der Waals surface area contributed by atoms with Gasteiger partial charge in [-0.05, 0) is 39.8 Å². The molecule has 4 aromatic rings. The maximum Gasteiger partial charge on any atom is 0.340 e. The first kappa shape index (κ1) is 19.7.